The lowest BCUT2D eigenvalue weighted by Gasteiger charge is -2.42. The maximum Gasteiger partial charge on any atom is 0.253 e. The van der Waals surface area contributed by atoms with Crippen LogP contribution >= 0.6 is 0 Å². The molecule has 3 aliphatic heterocycles. The largest absolute Gasteiger partial charge is 0.490 e. The van der Waals surface area contributed by atoms with Crippen LogP contribution in [0.25, 0.3) is 0 Å². The van der Waals surface area contributed by atoms with Crippen molar-refractivity contribution in [3.8, 4) is 5.75 Å². The van der Waals surface area contributed by atoms with Gasteiger partial charge in [0.25, 0.3) is 5.91 Å². The van der Waals surface area contributed by atoms with Gasteiger partial charge in [0.2, 0.25) is 5.91 Å². The van der Waals surface area contributed by atoms with Crippen LogP contribution in [0, 0.1) is 5.92 Å². The lowest BCUT2D eigenvalue weighted by atomic mass is 9.92. The van der Waals surface area contributed by atoms with E-state index in [1.165, 1.54) is 0 Å². The van der Waals surface area contributed by atoms with Gasteiger partial charge in [-0.2, -0.15) is 0 Å². The smallest absolute Gasteiger partial charge is 0.253 e. The molecule has 168 valence electrons. The summed E-state index contributed by atoms with van der Waals surface area (Å²) in [5.41, 5.74) is 0.682. The molecule has 6 nitrogen and oxygen atoms in total. The Kier molecular flexibility index (Phi) is 7.28. The fourth-order valence-electron chi connectivity index (χ4n) is 5.20. The Balaban J connectivity index is 1.24. The summed E-state index contributed by atoms with van der Waals surface area (Å²) in [5, 5.41) is 0. The van der Waals surface area contributed by atoms with Gasteiger partial charge in [-0.25, -0.2) is 0 Å². The van der Waals surface area contributed by atoms with E-state index in [2.05, 4.69) is 16.4 Å². The van der Waals surface area contributed by atoms with Crippen LogP contribution in [0.5, 0.6) is 5.75 Å². The highest BCUT2D eigenvalue weighted by atomic mass is 16.5. The number of carbonyl (C=O) groups is 2. The second-order valence-electron chi connectivity index (χ2n) is 8.99. The maximum atomic E-state index is 12.9. The van der Waals surface area contributed by atoms with Crippen LogP contribution < -0.4 is 4.74 Å². The number of hydrogen-bond acceptors (Lipinski definition) is 4. The fraction of sp³-hybridized carbons (Fsp3) is 0.600. The number of likely N-dealkylation sites (tertiary alicyclic amines) is 3. The molecule has 3 heterocycles. The van der Waals surface area contributed by atoms with E-state index in [4.69, 9.17) is 4.74 Å². The number of piperidine rings is 2. The normalized spacial score (nSPS) is 21.3. The summed E-state index contributed by atoms with van der Waals surface area (Å²) in [6.07, 6.45) is 7.98. The Morgan fingerprint density at radius 1 is 0.968 bits per heavy atom. The summed E-state index contributed by atoms with van der Waals surface area (Å²) in [5.74, 6) is 1.38. The molecule has 0 bridgehead atoms. The third-order valence-electron chi connectivity index (χ3n) is 7.01. The van der Waals surface area contributed by atoms with Crippen LogP contribution in [0.4, 0.5) is 0 Å². The molecule has 4 rings (SSSR count). The summed E-state index contributed by atoms with van der Waals surface area (Å²) in [6, 6.07) is 7.93. The van der Waals surface area contributed by atoms with Crippen LogP contribution in [-0.4, -0.2) is 78.4 Å². The van der Waals surface area contributed by atoms with Crippen LogP contribution in [-0.2, 0) is 4.79 Å². The summed E-state index contributed by atoms with van der Waals surface area (Å²) < 4.78 is 5.57. The van der Waals surface area contributed by atoms with Crippen molar-refractivity contribution in [3.05, 3.63) is 42.5 Å². The van der Waals surface area contributed by atoms with Gasteiger partial charge in [0.15, 0.2) is 0 Å². The van der Waals surface area contributed by atoms with Crippen molar-refractivity contribution < 1.29 is 14.3 Å². The number of carbonyl (C=O) groups excluding carboxylic acids is 2. The molecule has 2 amide bonds. The Hall–Kier alpha value is -2.34. The van der Waals surface area contributed by atoms with Gasteiger partial charge in [0, 0.05) is 43.7 Å². The molecular formula is C25H35N3O3. The molecule has 0 aromatic heterocycles. The third-order valence-corrected chi connectivity index (χ3v) is 7.01. The van der Waals surface area contributed by atoms with E-state index >= 15 is 0 Å². The standard InChI is InChI=1S/C25H35N3O3/c1-2-18-31-23-7-5-6-21(19-23)25(30)28-16-10-22(11-17-28)26-14-8-20(9-15-26)24(29)27-12-3-4-13-27/h2,5-7,19-20,22H,1,3-4,8-18H2. The molecule has 3 fully saturated rings. The Labute approximate surface area is 185 Å². The molecule has 1 aromatic carbocycles. The van der Waals surface area contributed by atoms with Gasteiger partial charge in [-0.05, 0) is 69.8 Å². The van der Waals surface area contributed by atoms with Crippen molar-refractivity contribution in [1.82, 2.24) is 14.7 Å². The first-order chi connectivity index (χ1) is 15.2. The first-order valence-corrected chi connectivity index (χ1v) is 11.8. The van der Waals surface area contributed by atoms with E-state index in [1.807, 2.05) is 29.2 Å². The number of benzene rings is 1. The average molecular weight is 426 g/mol. The molecular weight excluding hydrogens is 390 g/mol. The predicted molar refractivity (Wildman–Crippen MR) is 121 cm³/mol. The maximum absolute atomic E-state index is 12.9. The first-order valence-electron chi connectivity index (χ1n) is 11.8. The highest BCUT2D eigenvalue weighted by Crippen LogP contribution is 2.27. The van der Waals surface area contributed by atoms with Crippen molar-refractivity contribution in [2.24, 2.45) is 5.92 Å². The summed E-state index contributed by atoms with van der Waals surface area (Å²) in [7, 11) is 0. The Bertz CT molecular complexity index is 774. The number of nitrogens with zero attached hydrogens (tertiary/aromatic N) is 3. The van der Waals surface area contributed by atoms with E-state index < -0.39 is 0 Å². The lowest BCUT2D eigenvalue weighted by molar-refractivity contribution is -0.136. The minimum Gasteiger partial charge on any atom is -0.490 e. The van der Waals surface area contributed by atoms with Crippen molar-refractivity contribution >= 4 is 11.8 Å². The van der Waals surface area contributed by atoms with Gasteiger partial charge in [-0.15, -0.1) is 0 Å². The molecule has 0 saturated carbocycles. The Morgan fingerprint density at radius 2 is 1.68 bits per heavy atom. The second kappa shape index (κ2) is 10.3. The molecule has 0 aliphatic carbocycles. The lowest BCUT2D eigenvalue weighted by Crippen LogP contribution is -2.50. The first kappa shape index (κ1) is 21.9. The number of hydrogen-bond donors (Lipinski definition) is 0. The molecule has 31 heavy (non-hydrogen) atoms. The molecule has 3 saturated heterocycles. The quantitative estimate of drug-likeness (QED) is 0.657. The third kappa shape index (κ3) is 5.29. The van der Waals surface area contributed by atoms with E-state index in [1.54, 1.807) is 6.08 Å². The van der Waals surface area contributed by atoms with Crippen LogP contribution in [0.3, 0.4) is 0 Å². The molecule has 6 heteroatoms. The molecule has 0 radical (unpaired) electrons. The number of rotatable bonds is 6. The Morgan fingerprint density at radius 3 is 2.35 bits per heavy atom. The van der Waals surface area contributed by atoms with E-state index in [0.29, 0.717) is 29.9 Å². The van der Waals surface area contributed by atoms with Crippen molar-refractivity contribution in [2.45, 2.75) is 44.6 Å². The zero-order chi connectivity index (χ0) is 21.6. The zero-order valence-corrected chi connectivity index (χ0v) is 18.5. The van der Waals surface area contributed by atoms with Gasteiger partial charge in [0.1, 0.15) is 12.4 Å². The summed E-state index contributed by atoms with van der Waals surface area (Å²) in [4.78, 5) is 32.2. The van der Waals surface area contributed by atoms with E-state index in [0.717, 1.165) is 77.8 Å². The van der Waals surface area contributed by atoms with Gasteiger partial charge < -0.3 is 19.4 Å². The van der Waals surface area contributed by atoms with Gasteiger partial charge in [-0.3, -0.25) is 9.59 Å². The van der Waals surface area contributed by atoms with Crippen LogP contribution in [0.15, 0.2) is 36.9 Å². The summed E-state index contributed by atoms with van der Waals surface area (Å²) in [6.45, 7) is 9.58. The molecule has 3 aliphatic rings. The van der Waals surface area contributed by atoms with Gasteiger partial charge in [0.05, 0.1) is 0 Å². The molecule has 0 N–H and O–H groups in total. The molecule has 0 atom stereocenters. The predicted octanol–water partition coefficient (Wildman–Crippen LogP) is 3.19. The minimum absolute atomic E-state index is 0.0809. The van der Waals surface area contributed by atoms with Crippen LogP contribution in [0.1, 0.15) is 48.9 Å². The van der Waals surface area contributed by atoms with E-state index in [-0.39, 0.29) is 11.8 Å². The van der Waals surface area contributed by atoms with Crippen molar-refractivity contribution in [3.63, 3.8) is 0 Å². The van der Waals surface area contributed by atoms with Crippen molar-refractivity contribution in [1.29, 1.82) is 0 Å². The SMILES string of the molecule is C=CCOc1cccc(C(=O)N2CCC(N3CCC(C(=O)N4CCCC4)CC3)CC2)c1. The van der Waals surface area contributed by atoms with Crippen molar-refractivity contribution in [2.75, 3.05) is 45.9 Å². The summed E-state index contributed by atoms with van der Waals surface area (Å²) >= 11 is 0. The number of amides is 2. The highest BCUT2D eigenvalue weighted by molar-refractivity contribution is 5.94. The topological polar surface area (TPSA) is 53.1 Å². The van der Waals surface area contributed by atoms with E-state index in [9.17, 15) is 9.59 Å². The van der Waals surface area contributed by atoms with Gasteiger partial charge >= 0.3 is 0 Å². The molecule has 0 spiro atoms. The average Bonchev–Trinajstić information content (AvgIpc) is 3.37. The minimum atomic E-state index is 0.0809. The van der Waals surface area contributed by atoms with Crippen LogP contribution in [0.2, 0.25) is 0 Å². The monoisotopic (exact) mass is 425 g/mol. The second-order valence-corrected chi connectivity index (χ2v) is 8.99. The molecule has 0 unspecified atom stereocenters. The number of ether oxygens (including phenoxy) is 1. The zero-order valence-electron chi connectivity index (χ0n) is 18.5. The fourth-order valence-corrected chi connectivity index (χ4v) is 5.20. The molecule has 1 aromatic rings. The van der Waals surface area contributed by atoms with Gasteiger partial charge in [-0.1, -0.05) is 18.7 Å². The highest BCUT2D eigenvalue weighted by Gasteiger charge is 2.33.